The minimum Gasteiger partial charge on any atom is -0.362 e. The lowest BCUT2D eigenvalue weighted by molar-refractivity contribution is -0.135. The number of hydrogen-bond acceptors (Lipinski definition) is 5. The zero-order valence-corrected chi connectivity index (χ0v) is 15.2. The number of aromatic nitrogens is 1. The molecule has 7 heteroatoms. The number of rotatable bonds is 3. The van der Waals surface area contributed by atoms with Crippen molar-refractivity contribution in [3.05, 3.63) is 46.9 Å². The molecule has 0 radical (unpaired) electrons. The lowest BCUT2D eigenvalue weighted by Gasteiger charge is -2.38. The Kier molecular flexibility index (Phi) is 4.74. The minimum atomic E-state index is -0.435. The Balaban J connectivity index is 1.32. The van der Waals surface area contributed by atoms with Crippen molar-refractivity contribution in [1.82, 2.24) is 9.88 Å². The van der Waals surface area contributed by atoms with Crippen molar-refractivity contribution in [3.63, 3.8) is 0 Å². The summed E-state index contributed by atoms with van der Waals surface area (Å²) in [7, 11) is 0. The first-order chi connectivity index (χ1) is 12.7. The summed E-state index contributed by atoms with van der Waals surface area (Å²) in [6.45, 7) is 1.35. The Morgan fingerprint density at radius 1 is 1.23 bits per heavy atom. The maximum absolute atomic E-state index is 12.5. The Morgan fingerprint density at radius 2 is 2.08 bits per heavy atom. The van der Waals surface area contributed by atoms with E-state index in [0.717, 1.165) is 24.1 Å². The summed E-state index contributed by atoms with van der Waals surface area (Å²) in [6, 6.07) is 7.36. The maximum atomic E-state index is 12.5. The number of piperidine rings is 1. The van der Waals surface area contributed by atoms with Crippen molar-refractivity contribution in [1.29, 1.82) is 0 Å². The molecule has 1 N–H and O–H groups in total. The van der Waals surface area contributed by atoms with Crippen LogP contribution in [0.2, 0.25) is 0 Å². The second-order valence-corrected chi connectivity index (χ2v) is 7.78. The Labute approximate surface area is 156 Å². The summed E-state index contributed by atoms with van der Waals surface area (Å²) in [6.07, 6.45) is 5.99. The zero-order valence-electron chi connectivity index (χ0n) is 14.4. The quantitative estimate of drug-likeness (QED) is 0.900. The number of anilines is 1. The average molecular weight is 371 g/mol. The minimum absolute atomic E-state index is 0.0960. The fourth-order valence-corrected chi connectivity index (χ4v) is 4.39. The maximum Gasteiger partial charge on any atom is 0.263 e. The van der Waals surface area contributed by atoms with Gasteiger partial charge in [-0.15, -0.1) is 11.3 Å². The van der Waals surface area contributed by atoms with Crippen molar-refractivity contribution < 1.29 is 14.3 Å². The van der Waals surface area contributed by atoms with Gasteiger partial charge in [0.1, 0.15) is 6.10 Å². The number of amides is 2. The summed E-state index contributed by atoms with van der Waals surface area (Å²) >= 11 is 1.47. The van der Waals surface area contributed by atoms with Crippen molar-refractivity contribution >= 4 is 28.8 Å². The molecular weight excluding hydrogens is 350 g/mol. The number of carbonyl (C=O) groups is 2. The Morgan fingerprint density at radius 3 is 2.77 bits per heavy atom. The third kappa shape index (κ3) is 3.50. The molecule has 0 saturated carbocycles. The van der Waals surface area contributed by atoms with Crippen molar-refractivity contribution in [2.75, 3.05) is 18.4 Å². The number of nitrogens with one attached hydrogen (secondary N) is 1. The molecule has 2 aliphatic heterocycles. The highest BCUT2D eigenvalue weighted by Crippen LogP contribution is 2.39. The summed E-state index contributed by atoms with van der Waals surface area (Å²) < 4.78 is 6.17. The van der Waals surface area contributed by atoms with Gasteiger partial charge in [0.15, 0.2) is 0 Å². The highest BCUT2D eigenvalue weighted by Gasteiger charge is 2.45. The van der Waals surface area contributed by atoms with Crippen LogP contribution in [0, 0.1) is 0 Å². The normalized spacial score (nSPS) is 21.7. The van der Waals surface area contributed by atoms with E-state index in [4.69, 9.17) is 4.74 Å². The molecule has 1 atom stereocenters. The van der Waals surface area contributed by atoms with Crippen molar-refractivity contribution in [3.8, 4) is 0 Å². The van der Waals surface area contributed by atoms with Crippen LogP contribution in [0.25, 0.3) is 0 Å². The van der Waals surface area contributed by atoms with Crippen molar-refractivity contribution in [2.24, 2.45) is 0 Å². The van der Waals surface area contributed by atoms with Gasteiger partial charge in [-0.05, 0) is 49.3 Å². The van der Waals surface area contributed by atoms with Gasteiger partial charge < -0.3 is 15.0 Å². The van der Waals surface area contributed by atoms with Gasteiger partial charge in [0.05, 0.1) is 22.4 Å². The number of ether oxygens (including phenoxy) is 1. The number of thiophene rings is 1. The number of hydrogen-bond donors (Lipinski definition) is 1. The van der Waals surface area contributed by atoms with Gasteiger partial charge in [0.25, 0.3) is 11.8 Å². The van der Waals surface area contributed by atoms with E-state index in [-0.39, 0.29) is 17.4 Å². The van der Waals surface area contributed by atoms with Crippen LogP contribution in [0.5, 0.6) is 0 Å². The summed E-state index contributed by atoms with van der Waals surface area (Å²) in [4.78, 5) is 31.6. The molecule has 6 nitrogen and oxygen atoms in total. The van der Waals surface area contributed by atoms with Crippen LogP contribution < -0.4 is 5.32 Å². The largest absolute Gasteiger partial charge is 0.362 e. The topological polar surface area (TPSA) is 71.5 Å². The summed E-state index contributed by atoms with van der Waals surface area (Å²) in [5.74, 6) is -0.0225. The second kappa shape index (κ2) is 7.17. The molecule has 26 heavy (non-hydrogen) atoms. The number of pyridine rings is 1. The van der Waals surface area contributed by atoms with Gasteiger partial charge in [-0.1, -0.05) is 6.07 Å². The Hall–Kier alpha value is -2.25. The summed E-state index contributed by atoms with van der Waals surface area (Å²) in [5, 5.41) is 4.78. The van der Waals surface area contributed by atoms with Crippen LogP contribution in [0.3, 0.4) is 0 Å². The van der Waals surface area contributed by atoms with E-state index < -0.39 is 6.10 Å². The van der Waals surface area contributed by atoms with Gasteiger partial charge in [-0.3, -0.25) is 14.6 Å². The highest BCUT2D eigenvalue weighted by atomic mass is 32.1. The molecule has 1 unspecified atom stereocenters. The van der Waals surface area contributed by atoms with Crippen LogP contribution in [-0.2, 0) is 9.53 Å². The predicted octanol–water partition coefficient (Wildman–Crippen LogP) is 2.94. The molecular formula is C19H21N3O3S. The Bertz CT molecular complexity index is 771. The lowest BCUT2D eigenvalue weighted by Crippen LogP contribution is -2.47. The first-order valence-corrected chi connectivity index (χ1v) is 9.75. The first kappa shape index (κ1) is 17.2. The molecule has 2 saturated heterocycles. The first-order valence-electron chi connectivity index (χ1n) is 8.87. The molecule has 136 valence electrons. The molecule has 4 rings (SSSR count). The van der Waals surface area contributed by atoms with E-state index in [0.29, 0.717) is 25.2 Å². The van der Waals surface area contributed by atoms with Crippen LogP contribution in [0.1, 0.15) is 35.4 Å². The van der Waals surface area contributed by atoms with Gasteiger partial charge in [-0.25, -0.2) is 0 Å². The van der Waals surface area contributed by atoms with E-state index in [2.05, 4.69) is 10.3 Å². The summed E-state index contributed by atoms with van der Waals surface area (Å²) in [5.41, 5.74) is 0.404. The van der Waals surface area contributed by atoms with Crippen LogP contribution in [-0.4, -0.2) is 46.5 Å². The highest BCUT2D eigenvalue weighted by molar-refractivity contribution is 7.12. The molecule has 2 amide bonds. The third-order valence-corrected chi connectivity index (χ3v) is 6.03. The molecule has 2 fully saturated rings. The molecule has 2 aliphatic rings. The fraction of sp³-hybridized carbons (Fsp3) is 0.421. The molecule has 0 aromatic carbocycles. The van der Waals surface area contributed by atoms with Crippen LogP contribution >= 0.6 is 11.3 Å². The molecule has 4 heterocycles. The van der Waals surface area contributed by atoms with E-state index >= 15 is 0 Å². The van der Waals surface area contributed by atoms with E-state index in [9.17, 15) is 9.59 Å². The van der Waals surface area contributed by atoms with Gasteiger partial charge in [0.2, 0.25) is 0 Å². The average Bonchev–Trinajstić information content (AvgIpc) is 3.33. The predicted molar refractivity (Wildman–Crippen MR) is 99.2 cm³/mol. The van der Waals surface area contributed by atoms with Crippen LogP contribution in [0.4, 0.5) is 5.69 Å². The SMILES string of the molecule is O=C(Nc1cccnc1)C1CCC2(CCN(C(=O)c3cccs3)CC2)O1. The second-order valence-electron chi connectivity index (χ2n) is 6.83. The lowest BCUT2D eigenvalue weighted by atomic mass is 9.88. The van der Waals surface area contributed by atoms with Gasteiger partial charge >= 0.3 is 0 Å². The smallest absolute Gasteiger partial charge is 0.263 e. The molecule has 1 spiro atoms. The monoisotopic (exact) mass is 371 g/mol. The van der Waals surface area contributed by atoms with E-state index in [1.54, 1.807) is 18.5 Å². The number of likely N-dealkylation sites (tertiary alicyclic amines) is 1. The standard InChI is InChI=1S/C19H21N3O3S/c23-17(21-14-3-1-9-20-13-14)15-5-6-19(25-15)7-10-22(11-8-19)18(24)16-4-2-12-26-16/h1-4,9,12-13,15H,5-8,10-11H2,(H,21,23). The van der Waals surface area contributed by atoms with E-state index in [1.807, 2.05) is 28.5 Å². The van der Waals surface area contributed by atoms with Gasteiger partial charge in [0, 0.05) is 19.3 Å². The zero-order chi connectivity index (χ0) is 18.0. The molecule has 2 aromatic heterocycles. The molecule has 0 aliphatic carbocycles. The molecule has 2 aromatic rings. The van der Waals surface area contributed by atoms with Crippen molar-refractivity contribution in [2.45, 2.75) is 37.4 Å². The number of nitrogens with zero attached hydrogens (tertiary/aromatic N) is 2. The third-order valence-electron chi connectivity index (χ3n) is 5.17. The van der Waals surface area contributed by atoms with Crippen LogP contribution in [0.15, 0.2) is 42.0 Å². The van der Waals surface area contributed by atoms with Gasteiger partial charge in [-0.2, -0.15) is 0 Å². The number of carbonyl (C=O) groups excluding carboxylic acids is 2. The van der Waals surface area contributed by atoms with E-state index in [1.165, 1.54) is 11.3 Å². The fourth-order valence-electron chi connectivity index (χ4n) is 3.70. The molecule has 0 bridgehead atoms.